The summed E-state index contributed by atoms with van der Waals surface area (Å²) in [6, 6.07) is 11.2. The molecule has 0 saturated carbocycles. The Morgan fingerprint density at radius 3 is 2.52 bits per heavy atom. The number of benzene rings is 1. The van der Waals surface area contributed by atoms with Crippen LogP contribution >= 0.6 is 11.3 Å². The topological polar surface area (TPSA) is 75.6 Å². The molecule has 2 heterocycles. The number of nitrogens with one attached hydrogen (secondary N) is 1. The summed E-state index contributed by atoms with van der Waals surface area (Å²) in [6.07, 6.45) is 0. The van der Waals surface area contributed by atoms with Crippen LogP contribution in [-0.2, 0) is 9.59 Å². The third kappa shape index (κ3) is 2.41. The van der Waals surface area contributed by atoms with Gasteiger partial charge in [0.05, 0.1) is 10.4 Å². The molecule has 0 aliphatic carbocycles. The molecule has 3 rings (SSSR count). The van der Waals surface area contributed by atoms with E-state index in [1.807, 2.05) is 30.3 Å². The molecule has 21 heavy (non-hydrogen) atoms. The van der Waals surface area contributed by atoms with Crippen molar-refractivity contribution in [3.63, 3.8) is 0 Å². The van der Waals surface area contributed by atoms with Gasteiger partial charge in [-0.25, -0.2) is 4.99 Å². The zero-order valence-corrected chi connectivity index (χ0v) is 11.9. The van der Waals surface area contributed by atoms with E-state index >= 15 is 0 Å². The van der Waals surface area contributed by atoms with Gasteiger partial charge >= 0.3 is 0 Å². The van der Waals surface area contributed by atoms with Crippen LogP contribution in [0.5, 0.6) is 0 Å². The first-order chi connectivity index (χ1) is 10.1. The van der Waals surface area contributed by atoms with Gasteiger partial charge in [-0.15, -0.1) is 11.3 Å². The van der Waals surface area contributed by atoms with Gasteiger partial charge in [-0.2, -0.15) is 0 Å². The maximum Gasteiger partial charge on any atom is 0.278 e. The molecule has 0 radical (unpaired) electrons. The number of rotatable bonds is 1. The minimum atomic E-state index is -0.635. The summed E-state index contributed by atoms with van der Waals surface area (Å²) in [5, 5.41) is 2.20. The van der Waals surface area contributed by atoms with Gasteiger partial charge in [-0.3, -0.25) is 19.7 Å². The molecule has 1 N–H and O–H groups in total. The SMILES string of the molecule is CC(=O)/N=C1\C(=O)NC(=O)c2cc(-c3ccccc3)sc21. The van der Waals surface area contributed by atoms with Crippen LogP contribution in [0.2, 0.25) is 0 Å². The van der Waals surface area contributed by atoms with Crippen LogP contribution in [0.15, 0.2) is 41.4 Å². The molecule has 5 nitrogen and oxygen atoms in total. The van der Waals surface area contributed by atoms with Crippen molar-refractivity contribution in [2.75, 3.05) is 0 Å². The highest BCUT2D eigenvalue weighted by Crippen LogP contribution is 2.33. The van der Waals surface area contributed by atoms with Crippen molar-refractivity contribution in [3.8, 4) is 10.4 Å². The van der Waals surface area contributed by atoms with E-state index in [-0.39, 0.29) is 5.71 Å². The first-order valence-corrected chi connectivity index (χ1v) is 7.02. The Labute approximate surface area is 124 Å². The first kappa shape index (κ1) is 13.4. The zero-order chi connectivity index (χ0) is 15.0. The van der Waals surface area contributed by atoms with Crippen molar-refractivity contribution < 1.29 is 14.4 Å². The van der Waals surface area contributed by atoms with Crippen molar-refractivity contribution in [2.24, 2.45) is 4.99 Å². The summed E-state index contributed by atoms with van der Waals surface area (Å²) < 4.78 is 0. The molecule has 0 spiro atoms. The number of hydrogen-bond acceptors (Lipinski definition) is 4. The third-order valence-corrected chi connectivity index (χ3v) is 4.15. The molecule has 1 aliphatic heterocycles. The molecule has 0 bridgehead atoms. The summed E-state index contributed by atoms with van der Waals surface area (Å²) in [5.74, 6) is -1.57. The lowest BCUT2D eigenvalue weighted by atomic mass is 10.1. The van der Waals surface area contributed by atoms with Gasteiger partial charge in [0.2, 0.25) is 5.91 Å². The van der Waals surface area contributed by atoms with Crippen molar-refractivity contribution in [3.05, 3.63) is 46.8 Å². The van der Waals surface area contributed by atoms with Crippen molar-refractivity contribution in [1.29, 1.82) is 0 Å². The summed E-state index contributed by atoms with van der Waals surface area (Å²) >= 11 is 1.28. The van der Waals surface area contributed by atoms with Crippen molar-refractivity contribution >= 4 is 34.8 Å². The second-order valence-electron chi connectivity index (χ2n) is 4.48. The Balaban J connectivity index is 2.17. The predicted octanol–water partition coefficient (Wildman–Crippen LogP) is 2.02. The number of aliphatic imine (C=N–C) groups is 1. The zero-order valence-electron chi connectivity index (χ0n) is 11.0. The quantitative estimate of drug-likeness (QED) is 0.818. The number of imide groups is 1. The van der Waals surface area contributed by atoms with E-state index in [0.29, 0.717) is 10.4 Å². The number of carbonyl (C=O) groups excluding carboxylic acids is 3. The second-order valence-corrected chi connectivity index (χ2v) is 5.53. The molecule has 6 heteroatoms. The predicted molar refractivity (Wildman–Crippen MR) is 79.4 cm³/mol. The molecule has 1 aliphatic rings. The first-order valence-electron chi connectivity index (χ1n) is 6.21. The van der Waals surface area contributed by atoms with Gasteiger partial charge in [-0.05, 0) is 11.6 Å². The summed E-state index contributed by atoms with van der Waals surface area (Å²) in [5.41, 5.74) is 1.32. The molecular formula is C15H10N2O3S. The van der Waals surface area contributed by atoms with Crippen LogP contribution in [0.1, 0.15) is 22.2 Å². The number of carbonyl (C=O) groups is 3. The van der Waals surface area contributed by atoms with E-state index in [4.69, 9.17) is 0 Å². The molecule has 0 fully saturated rings. The minimum absolute atomic E-state index is 0.00396. The lowest BCUT2D eigenvalue weighted by Crippen LogP contribution is -2.41. The molecule has 0 saturated heterocycles. The Morgan fingerprint density at radius 1 is 1.14 bits per heavy atom. The Hall–Kier alpha value is -2.60. The maximum absolute atomic E-state index is 11.9. The Morgan fingerprint density at radius 2 is 1.86 bits per heavy atom. The fraction of sp³-hybridized carbons (Fsp3) is 0.0667. The lowest BCUT2D eigenvalue weighted by Gasteiger charge is -2.12. The number of nitrogens with zero attached hydrogens (tertiary/aromatic N) is 1. The molecule has 2 aromatic rings. The largest absolute Gasteiger partial charge is 0.287 e. The summed E-state index contributed by atoms with van der Waals surface area (Å²) in [4.78, 5) is 39.9. The van der Waals surface area contributed by atoms with Crippen LogP contribution in [0.3, 0.4) is 0 Å². The van der Waals surface area contributed by atoms with Crippen LogP contribution in [0, 0.1) is 0 Å². The van der Waals surface area contributed by atoms with Gasteiger partial charge in [0, 0.05) is 11.8 Å². The van der Waals surface area contributed by atoms with Crippen molar-refractivity contribution in [1.82, 2.24) is 5.32 Å². The van der Waals surface area contributed by atoms with Gasteiger partial charge in [0.25, 0.3) is 11.8 Å². The van der Waals surface area contributed by atoms with Gasteiger partial charge in [0.1, 0.15) is 5.71 Å². The van der Waals surface area contributed by atoms with E-state index in [1.54, 1.807) is 6.07 Å². The Bertz CT molecular complexity index is 791. The van der Waals surface area contributed by atoms with Gasteiger partial charge in [-0.1, -0.05) is 30.3 Å². The molecule has 104 valence electrons. The average molecular weight is 298 g/mol. The molecule has 1 aromatic carbocycles. The summed E-state index contributed by atoms with van der Waals surface area (Å²) in [7, 11) is 0. The van der Waals surface area contributed by atoms with E-state index < -0.39 is 17.7 Å². The van der Waals surface area contributed by atoms with Crippen LogP contribution in [-0.4, -0.2) is 23.4 Å². The summed E-state index contributed by atoms with van der Waals surface area (Å²) in [6.45, 7) is 1.27. The lowest BCUT2D eigenvalue weighted by molar-refractivity contribution is -0.117. The van der Waals surface area contributed by atoms with Crippen LogP contribution in [0.25, 0.3) is 10.4 Å². The van der Waals surface area contributed by atoms with E-state index in [2.05, 4.69) is 10.3 Å². The smallest absolute Gasteiger partial charge is 0.278 e. The van der Waals surface area contributed by atoms with Gasteiger partial charge in [0.15, 0.2) is 0 Å². The molecule has 0 atom stereocenters. The number of fused-ring (bicyclic) bond motifs is 1. The molecular weight excluding hydrogens is 288 g/mol. The maximum atomic E-state index is 11.9. The minimum Gasteiger partial charge on any atom is -0.287 e. The standard InChI is InChI=1S/C15H10N2O3S/c1-8(18)16-12-13-10(14(19)17-15(12)20)7-11(21-13)9-5-3-2-4-6-9/h2-7H,1H3,(H,17,19,20)/b16-12-. The molecule has 1 aromatic heterocycles. The van der Waals surface area contributed by atoms with Crippen molar-refractivity contribution in [2.45, 2.75) is 6.92 Å². The van der Waals surface area contributed by atoms with E-state index in [9.17, 15) is 14.4 Å². The Kier molecular flexibility index (Phi) is 3.23. The fourth-order valence-electron chi connectivity index (χ4n) is 2.07. The molecule has 3 amide bonds. The van der Waals surface area contributed by atoms with E-state index in [1.165, 1.54) is 18.3 Å². The number of hydrogen-bond donors (Lipinski definition) is 1. The van der Waals surface area contributed by atoms with Crippen LogP contribution in [0.4, 0.5) is 0 Å². The highest BCUT2D eigenvalue weighted by Gasteiger charge is 2.31. The normalized spacial score (nSPS) is 15.8. The number of amides is 3. The molecule has 0 unspecified atom stereocenters. The third-order valence-electron chi connectivity index (χ3n) is 2.96. The second kappa shape index (κ2) is 5.06. The highest BCUT2D eigenvalue weighted by molar-refractivity contribution is 7.19. The highest BCUT2D eigenvalue weighted by atomic mass is 32.1. The van der Waals surface area contributed by atoms with Crippen LogP contribution < -0.4 is 5.32 Å². The average Bonchev–Trinajstić information content (AvgIpc) is 2.90. The van der Waals surface area contributed by atoms with E-state index in [0.717, 1.165) is 10.4 Å². The van der Waals surface area contributed by atoms with Gasteiger partial charge < -0.3 is 0 Å². The monoisotopic (exact) mass is 298 g/mol. The fourth-order valence-corrected chi connectivity index (χ4v) is 3.22. The number of thiophene rings is 1.